The highest BCUT2D eigenvalue weighted by Crippen LogP contribution is 2.18. The first-order valence-corrected chi connectivity index (χ1v) is 11.6. The zero-order valence-electron chi connectivity index (χ0n) is 14.6. The van der Waals surface area contributed by atoms with Crippen molar-refractivity contribution in [2.24, 2.45) is 0 Å². The van der Waals surface area contributed by atoms with Crippen LogP contribution in [-0.4, -0.2) is 41.6 Å². The van der Waals surface area contributed by atoms with Crippen LogP contribution in [0.15, 0.2) is 0 Å². The molecule has 0 heterocycles. The van der Waals surface area contributed by atoms with Crippen molar-refractivity contribution >= 4 is 20.6 Å². The molecule has 0 aliphatic rings. The van der Waals surface area contributed by atoms with Gasteiger partial charge in [0.2, 0.25) is 0 Å². The lowest BCUT2D eigenvalue weighted by atomic mass is 10.1. The van der Waals surface area contributed by atoms with Crippen molar-refractivity contribution in [1.29, 1.82) is 0 Å². The van der Waals surface area contributed by atoms with Gasteiger partial charge in [0.25, 0.3) is 0 Å². The van der Waals surface area contributed by atoms with Gasteiger partial charge in [0.1, 0.15) is 0 Å². The van der Waals surface area contributed by atoms with E-state index in [1.165, 1.54) is 62.9 Å². The van der Waals surface area contributed by atoms with Crippen molar-refractivity contribution in [3.63, 3.8) is 0 Å². The molecule has 0 aromatic carbocycles. The van der Waals surface area contributed by atoms with E-state index in [-0.39, 0.29) is 0 Å². The SMILES string of the molecule is CCCCCCCCCCSCCC[Si](OC)(OC)OC. The molecule has 0 radical (unpaired) electrons. The standard InChI is InChI=1S/C16H36O3SSi/c1-5-6-7-8-9-10-11-12-14-20-15-13-16-21(17-2,18-3)19-4/h5-16H2,1-4H3. The second-order valence-electron chi connectivity index (χ2n) is 5.49. The molecule has 0 aliphatic heterocycles. The fraction of sp³-hybridized carbons (Fsp3) is 1.00. The van der Waals surface area contributed by atoms with Crippen LogP contribution < -0.4 is 0 Å². The van der Waals surface area contributed by atoms with Crippen LogP contribution in [0, 0.1) is 0 Å². The van der Waals surface area contributed by atoms with Crippen molar-refractivity contribution in [3.05, 3.63) is 0 Å². The highest BCUT2D eigenvalue weighted by molar-refractivity contribution is 7.99. The molecule has 128 valence electrons. The number of unbranched alkanes of at least 4 members (excludes halogenated alkanes) is 7. The number of hydrogen-bond donors (Lipinski definition) is 0. The number of hydrogen-bond acceptors (Lipinski definition) is 4. The minimum Gasteiger partial charge on any atom is -0.377 e. The molecular formula is C16H36O3SSi. The highest BCUT2D eigenvalue weighted by Gasteiger charge is 2.36. The minimum atomic E-state index is -2.33. The molecule has 0 N–H and O–H groups in total. The maximum Gasteiger partial charge on any atom is 0.500 e. The maximum atomic E-state index is 5.42. The van der Waals surface area contributed by atoms with Crippen molar-refractivity contribution in [2.45, 2.75) is 70.8 Å². The molecule has 0 fully saturated rings. The molecule has 0 unspecified atom stereocenters. The Morgan fingerprint density at radius 3 is 1.67 bits per heavy atom. The fourth-order valence-electron chi connectivity index (χ4n) is 2.39. The average Bonchev–Trinajstić information content (AvgIpc) is 2.53. The normalized spacial score (nSPS) is 12.0. The first-order chi connectivity index (χ1) is 10.2. The van der Waals surface area contributed by atoms with Crippen LogP contribution in [0.3, 0.4) is 0 Å². The molecule has 0 saturated carbocycles. The largest absolute Gasteiger partial charge is 0.500 e. The summed E-state index contributed by atoms with van der Waals surface area (Å²) in [4.78, 5) is 0. The van der Waals surface area contributed by atoms with E-state index >= 15 is 0 Å². The van der Waals surface area contributed by atoms with Crippen molar-refractivity contribution < 1.29 is 13.3 Å². The van der Waals surface area contributed by atoms with E-state index in [9.17, 15) is 0 Å². The summed E-state index contributed by atoms with van der Waals surface area (Å²) in [5, 5.41) is 0. The summed E-state index contributed by atoms with van der Waals surface area (Å²) >= 11 is 2.05. The predicted molar refractivity (Wildman–Crippen MR) is 96.1 cm³/mol. The Kier molecular flexibility index (Phi) is 15.7. The van der Waals surface area contributed by atoms with Gasteiger partial charge >= 0.3 is 8.80 Å². The Balaban J connectivity index is 3.29. The first-order valence-electron chi connectivity index (χ1n) is 8.48. The lowest BCUT2D eigenvalue weighted by Gasteiger charge is -2.24. The second kappa shape index (κ2) is 15.3. The Morgan fingerprint density at radius 2 is 1.14 bits per heavy atom. The number of thioether (sulfide) groups is 1. The van der Waals surface area contributed by atoms with E-state index in [1.54, 1.807) is 21.3 Å². The van der Waals surface area contributed by atoms with Crippen molar-refractivity contribution in [1.82, 2.24) is 0 Å². The second-order valence-corrected chi connectivity index (χ2v) is 9.80. The van der Waals surface area contributed by atoms with E-state index in [4.69, 9.17) is 13.3 Å². The summed E-state index contributed by atoms with van der Waals surface area (Å²) in [6.45, 7) is 2.27. The van der Waals surface area contributed by atoms with Gasteiger partial charge in [-0.25, -0.2) is 0 Å². The molecule has 3 nitrogen and oxygen atoms in total. The van der Waals surface area contributed by atoms with Gasteiger partial charge in [-0.2, -0.15) is 11.8 Å². The molecular weight excluding hydrogens is 300 g/mol. The van der Waals surface area contributed by atoms with Crippen LogP contribution in [0.4, 0.5) is 0 Å². The van der Waals surface area contributed by atoms with Crippen LogP contribution >= 0.6 is 11.8 Å². The van der Waals surface area contributed by atoms with E-state index in [0.717, 1.165) is 12.5 Å². The summed E-state index contributed by atoms with van der Waals surface area (Å²) in [5.74, 6) is 2.47. The third-order valence-corrected chi connectivity index (χ3v) is 7.83. The van der Waals surface area contributed by atoms with Crippen LogP contribution in [0.2, 0.25) is 6.04 Å². The van der Waals surface area contributed by atoms with Crippen LogP contribution in [-0.2, 0) is 13.3 Å². The summed E-state index contributed by atoms with van der Waals surface area (Å²) in [7, 11) is 2.73. The van der Waals surface area contributed by atoms with Gasteiger partial charge in [-0.15, -0.1) is 0 Å². The summed E-state index contributed by atoms with van der Waals surface area (Å²) < 4.78 is 16.3. The van der Waals surface area contributed by atoms with Gasteiger partial charge in [0, 0.05) is 27.4 Å². The molecule has 0 atom stereocenters. The topological polar surface area (TPSA) is 27.7 Å². The molecule has 0 bridgehead atoms. The molecule has 0 aliphatic carbocycles. The van der Waals surface area contributed by atoms with E-state index in [1.807, 2.05) is 0 Å². The lowest BCUT2D eigenvalue weighted by molar-refractivity contribution is 0.123. The average molecular weight is 337 g/mol. The van der Waals surface area contributed by atoms with Crippen LogP contribution in [0.25, 0.3) is 0 Å². The molecule has 21 heavy (non-hydrogen) atoms. The highest BCUT2D eigenvalue weighted by atomic mass is 32.2. The summed E-state index contributed by atoms with van der Waals surface area (Å²) in [6.07, 6.45) is 12.3. The van der Waals surface area contributed by atoms with E-state index < -0.39 is 8.80 Å². The lowest BCUT2D eigenvalue weighted by Crippen LogP contribution is -2.42. The third kappa shape index (κ3) is 11.6. The summed E-state index contributed by atoms with van der Waals surface area (Å²) in [5.41, 5.74) is 0. The fourth-order valence-corrected chi connectivity index (χ4v) is 5.33. The van der Waals surface area contributed by atoms with Gasteiger partial charge in [-0.05, 0) is 24.3 Å². The smallest absolute Gasteiger partial charge is 0.377 e. The van der Waals surface area contributed by atoms with Gasteiger partial charge in [0.05, 0.1) is 0 Å². The quantitative estimate of drug-likeness (QED) is 0.288. The van der Waals surface area contributed by atoms with Gasteiger partial charge in [-0.3, -0.25) is 0 Å². The van der Waals surface area contributed by atoms with Gasteiger partial charge < -0.3 is 13.3 Å². The zero-order valence-corrected chi connectivity index (χ0v) is 16.4. The molecule has 0 spiro atoms. The summed E-state index contributed by atoms with van der Waals surface area (Å²) in [6, 6.07) is 0.918. The molecule has 0 aromatic heterocycles. The van der Waals surface area contributed by atoms with Crippen LogP contribution in [0.1, 0.15) is 64.7 Å². The first kappa shape index (κ1) is 21.4. The van der Waals surface area contributed by atoms with Gasteiger partial charge in [-0.1, -0.05) is 51.9 Å². The number of rotatable bonds is 16. The Labute approximate surface area is 137 Å². The van der Waals surface area contributed by atoms with Crippen LogP contribution in [0.5, 0.6) is 0 Å². The van der Waals surface area contributed by atoms with E-state index in [0.29, 0.717) is 0 Å². The van der Waals surface area contributed by atoms with Crippen molar-refractivity contribution in [2.75, 3.05) is 32.8 Å². The predicted octanol–water partition coefficient (Wildman–Crippen LogP) is 5.13. The zero-order chi connectivity index (χ0) is 15.8. The Morgan fingerprint density at radius 1 is 0.667 bits per heavy atom. The Bertz CT molecular complexity index is 205. The molecule has 0 saturated heterocycles. The molecule has 0 amide bonds. The minimum absolute atomic E-state index is 0.918. The molecule has 0 rings (SSSR count). The Hall–Kier alpha value is 0.447. The maximum absolute atomic E-state index is 5.42. The molecule has 5 heteroatoms. The van der Waals surface area contributed by atoms with Crippen molar-refractivity contribution in [3.8, 4) is 0 Å². The van der Waals surface area contributed by atoms with E-state index in [2.05, 4.69) is 18.7 Å². The van der Waals surface area contributed by atoms with Gasteiger partial charge in [0.15, 0.2) is 0 Å². The molecule has 0 aromatic rings. The monoisotopic (exact) mass is 336 g/mol. The third-order valence-electron chi connectivity index (χ3n) is 3.85.